The molecule has 0 radical (unpaired) electrons. The van der Waals surface area contributed by atoms with Crippen LogP contribution in [0.15, 0.2) is 66.2 Å². The quantitative estimate of drug-likeness (QED) is 0.289. The first-order valence-corrected chi connectivity index (χ1v) is 11.5. The molecule has 1 aliphatic heterocycles. The molecule has 0 aromatic heterocycles. The van der Waals surface area contributed by atoms with Crippen LogP contribution in [0.25, 0.3) is 6.08 Å². The Morgan fingerprint density at radius 2 is 1.73 bits per heavy atom. The van der Waals surface area contributed by atoms with Crippen molar-refractivity contribution in [1.82, 2.24) is 5.32 Å². The molecule has 0 unspecified atom stereocenters. The van der Waals surface area contributed by atoms with Gasteiger partial charge in [0.15, 0.2) is 0 Å². The Morgan fingerprint density at radius 3 is 2.41 bits per heavy atom. The minimum Gasteiger partial charge on any atom is -0.487 e. The van der Waals surface area contributed by atoms with Gasteiger partial charge in [0.25, 0.3) is 11.8 Å². The molecule has 1 heterocycles. The molecule has 1 fully saturated rings. The van der Waals surface area contributed by atoms with Gasteiger partial charge in [-0.1, -0.05) is 59.1 Å². The molecule has 190 valence electrons. The molecular weight excluding hydrogens is 532 g/mol. The van der Waals surface area contributed by atoms with E-state index in [1.165, 1.54) is 12.1 Å². The van der Waals surface area contributed by atoms with Crippen molar-refractivity contribution in [1.29, 1.82) is 0 Å². The largest absolute Gasteiger partial charge is 0.487 e. The number of barbiturate groups is 1. The van der Waals surface area contributed by atoms with Gasteiger partial charge >= 0.3 is 12.2 Å². The maximum Gasteiger partial charge on any atom is 0.416 e. The summed E-state index contributed by atoms with van der Waals surface area (Å²) >= 11 is 12.3. The van der Waals surface area contributed by atoms with Crippen molar-refractivity contribution in [2.75, 3.05) is 4.90 Å². The molecule has 3 aromatic carbocycles. The van der Waals surface area contributed by atoms with Crippen LogP contribution in [0, 0.1) is 6.92 Å². The predicted molar refractivity (Wildman–Crippen MR) is 132 cm³/mol. The molecule has 0 aliphatic carbocycles. The van der Waals surface area contributed by atoms with E-state index >= 15 is 0 Å². The van der Waals surface area contributed by atoms with Crippen LogP contribution < -0.4 is 15.0 Å². The number of imide groups is 2. The zero-order valence-electron chi connectivity index (χ0n) is 19.0. The van der Waals surface area contributed by atoms with Crippen LogP contribution in [-0.4, -0.2) is 17.8 Å². The van der Waals surface area contributed by atoms with Crippen LogP contribution in [0.3, 0.4) is 0 Å². The van der Waals surface area contributed by atoms with E-state index < -0.39 is 40.8 Å². The third-order valence-corrected chi connectivity index (χ3v) is 5.97. The Kier molecular flexibility index (Phi) is 7.29. The third-order valence-electron chi connectivity index (χ3n) is 5.36. The summed E-state index contributed by atoms with van der Waals surface area (Å²) in [7, 11) is 0. The second-order valence-corrected chi connectivity index (χ2v) is 8.90. The lowest BCUT2D eigenvalue weighted by Crippen LogP contribution is -2.54. The molecule has 0 bridgehead atoms. The first-order valence-electron chi connectivity index (χ1n) is 10.7. The van der Waals surface area contributed by atoms with Crippen molar-refractivity contribution in [2.45, 2.75) is 19.7 Å². The molecule has 0 spiro atoms. The van der Waals surface area contributed by atoms with Crippen molar-refractivity contribution in [2.24, 2.45) is 0 Å². The summed E-state index contributed by atoms with van der Waals surface area (Å²) in [5, 5.41) is 1.85. The van der Waals surface area contributed by atoms with E-state index in [9.17, 15) is 27.6 Å². The fourth-order valence-electron chi connectivity index (χ4n) is 3.59. The number of alkyl halides is 3. The number of hydrogen-bond acceptors (Lipinski definition) is 4. The van der Waals surface area contributed by atoms with Gasteiger partial charge in [0.2, 0.25) is 0 Å². The Bertz CT molecular complexity index is 1450. The van der Waals surface area contributed by atoms with E-state index in [0.29, 0.717) is 28.3 Å². The molecule has 1 aliphatic rings. The zero-order valence-corrected chi connectivity index (χ0v) is 20.5. The van der Waals surface area contributed by atoms with Crippen LogP contribution >= 0.6 is 23.2 Å². The standard InChI is InChI=1S/C26H17Cl2F3N2O4/c1-14-3-2-4-16(9-14)13-37-22-8-5-15(11-20(22)28)10-18-23(34)32-25(36)33(24(18)35)21-12-17(26(29,30)31)6-7-19(21)27/h2-12H,13H2,1H3,(H,32,34,36)/b18-10-. The molecule has 3 aromatic rings. The van der Waals surface area contributed by atoms with Gasteiger partial charge < -0.3 is 4.74 Å². The summed E-state index contributed by atoms with van der Waals surface area (Å²) in [6.45, 7) is 2.22. The SMILES string of the molecule is Cc1cccc(COc2ccc(/C=C3/C(=O)NC(=O)N(c4cc(C(F)(F)F)ccc4Cl)C3=O)cc2Cl)c1. The number of carbonyl (C=O) groups is 3. The Hall–Kier alpha value is -3.82. The fraction of sp³-hybridized carbons (Fsp3) is 0.115. The number of anilines is 1. The van der Waals surface area contributed by atoms with Gasteiger partial charge in [0.1, 0.15) is 17.9 Å². The van der Waals surface area contributed by atoms with Crippen molar-refractivity contribution in [3.8, 4) is 5.75 Å². The van der Waals surface area contributed by atoms with Crippen molar-refractivity contribution >= 4 is 52.8 Å². The van der Waals surface area contributed by atoms with Gasteiger partial charge in [-0.15, -0.1) is 0 Å². The number of halogens is 5. The lowest BCUT2D eigenvalue weighted by Gasteiger charge is -2.27. The number of hydrogen-bond donors (Lipinski definition) is 1. The highest BCUT2D eigenvalue weighted by Crippen LogP contribution is 2.37. The first kappa shape index (κ1) is 26.2. The second-order valence-electron chi connectivity index (χ2n) is 8.09. The van der Waals surface area contributed by atoms with E-state index in [0.717, 1.165) is 23.3 Å². The predicted octanol–water partition coefficient (Wildman–Crippen LogP) is 6.57. The van der Waals surface area contributed by atoms with E-state index in [1.807, 2.05) is 36.5 Å². The van der Waals surface area contributed by atoms with Gasteiger partial charge in [-0.25, -0.2) is 9.69 Å². The smallest absolute Gasteiger partial charge is 0.416 e. The van der Waals surface area contributed by atoms with Crippen LogP contribution in [0.4, 0.5) is 23.7 Å². The maximum absolute atomic E-state index is 13.2. The maximum atomic E-state index is 13.2. The number of benzene rings is 3. The monoisotopic (exact) mass is 548 g/mol. The number of nitrogens with zero attached hydrogens (tertiary/aromatic N) is 1. The summed E-state index contributed by atoms with van der Waals surface area (Å²) in [5.41, 5.74) is 0.181. The summed E-state index contributed by atoms with van der Waals surface area (Å²) < 4.78 is 45.3. The summed E-state index contributed by atoms with van der Waals surface area (Å²) in [4.78, 5) is 38.3. The third kappa shape index (κ3) is 5.79. The lowest BCUT2D eigenvalue weighted by atomic mass is 10.1. The molecule has 6 nitrogen and oxygen atoms in total. The van der Waals surface area contributed by atoms with Crippen LogP contribution in [0.1, 0.15) is 22.3 Å². The van der Waals surface area contributed by atoms with Crippen molar-refractivity contribution < 1.29 is 32.3 Å². The van der Waals surface area contributed by atoms with Crippen LogP contribution in [0.2, 0.25) is 10.0 Å². The number of amides is 4. The lowest BCUT2D eigenvalue weighted by molar-refractivity contribution is -0.137. The number of ether oxygens (including phenoxy) is 1. The van der Waals surface area contributed by atoms with E-state index in [1.54, 1.807) is 6.07 Å². The number of urea groups is 1. The number of rotatable bonds is 5. The average Bonchev–Trinajstić information content (AvgIpc) is 2.81. The van der Waals surface area contributed by atoms with Crippen LogP contribution in [-0.2, 0) is 22.4 Å². The molecule has 0 saturated carbocycles. The summed E-state index contributed by atoms with van der Waals surface area (Å²) in [5.74, 6) is -1.81. The highest BCUT2D eigenvalue weighted by molar-refractivity contribution is 6.42. The van der Waals surface area contributed by atoms with Gasteiger partial charge in [0.05, 0.1) is 21.3 Å². The minimum atomic E-state index is -4.75. The average molecular weight is 549 g/mol. The molecular formula is C26H17Cl2F3N2O4. The molecule has 37 heavy (non-hydrogen) atoms. The normalized spacial score (nSPS) is 15.2. The molecule has 1 N–H and O–H groups in total. The van der Waals surface area contributed by atoms with Gasteiger partial charge in [-0.3, -0.25) is 14.9 Å². The fourth-order valence-corrected chi connectivity index (χ4v) is 4.04. The van der Waals surface area contributed by atoms with E-state index in [4.69, 9.17) is 27.9 Å². The Labute approximate surface area is 219 Å². The second kappa shape index (κ2) is 10.3. The van der Waals surface area contributed by atoms with Crippen molar-refractivity contribution in [3.05, 3.63) is 98.5 Å². The summed E-state index contributed by atoms with van der Waals surface area (Å²) in [6.07, 6.45) is -3.59. The van der Waals surface area contributed by atoms with Gasteiger partial charge in [-0.2, -0.15) is 13.2 Å². The summed E-state index contributed by atoms with van der Waals surface area (Å²) in [6, 6.07) is 13.2. The van der Waals surface area contributed by atoms with E-state index in [-0.39, 0.29) is 16.7 Å². The Morgan fingerprint density at radius 1 is 0.973 bits per heavy atom. The highest BCUT2D eigenvalue weighted by Gasteiger charge is 2.39. The van der Waals surface area contributed by atoms with Gasteiger partial charge in [0, 0.05) is 0 Å². The first-order chi connectivity index (χ1) is 17.4. The number of aryl methyl sites for hydroxylation is 1. The molecule has 0 atom stereocenters. The minimum absolute atomic E-state index is 0.194. The van der Waals surface area contributed by atoms with Crippen LogP contribution in [0.5, 0.6) is 5.75 Å². The van der Waals surface area contributed by atoms with E-state index in [2.05, 4.69) is 0 Å². The number of nitrogens with one attached hydrogen (secondary N) is 1. The molecule has 4 amide bonds. The molecule has 4 rings (SSSR count). The zero-order chi connectivity index (χ0) is 26.9. The highest BCUT2D eigenvalue weighted by atomic mass is 35.5. The molecule has 1 saturated heterocycles. The number of carbonyl (C=O) groups excluding carboxylic acids is 3. The van der Waals surface area contributed by atoms with Crippen molar-refractivity contribution in [3.63, 3.8) is 0 Å². The topological polar surface area (TPSA) is 75.7 Å². The molecule has 11 heteroatoms. The Balaban J connectivity index is 1.61. The van der Waals surface area contributed by atoms with Gasteiger partial charge in [-0.05, 0) is 54.5 Å².